The van der Waals surface area contributed by atoms with Crippen LogP contribution in [0.25, 0.3) is 0 Å². The van der Waals surface area contributed by atoms with Crippen LogP contribution in [-0.2, 0) is 0 Å². The van der Waals surface area contributed by atoms with Crippen molar-refractivity contribution in [2.24, 2.45) is 0 Å². The van der Waals surface area contributed by atoms with E-state index in [1.807, 2.05) is 42.5 Å². The van der Waals surface area contributed by atoms with Gasteiger partial charge in [-0.05, 0) is 30.2 Å². The maximum absolute atomic E-state index is 5.79. The van der Waals surface area contributed by atoms with Crippen LogP contribution in [0.1, 0.15) is 30.4 Å². The van der Waals surface area contributed by atoms with Gasteiger partial charge in [-0.25, -0.2) is 4.98 Å². The molecule has 0 radical (unpaired) electrons. The second-order valence-corrected chi connectivity index (χ2v) is 4.40. The Kier molecular flexibility index (Phi) is 4.39. The molecule has 2 heteroatoms. The number of pyridine rings is 1. The number of hydrogen-bond acceptors (Lipinski definition) is 1. The predicted molar refractivity (Wildman–Crippen MR) is 75.6 cm³/mol. The molecule has 0 amide bonds. The van der Waals surface area contributed by atoms with Crippen molar-refractivity contribution < 1.29 is 0 Å². The molecule has 0 aliphatic rings. The molecule has 0 saturated carbocycles. The second-order valence-electron chi connectivity index (χ2n) is 4.01. The van der Waals surface area contributed by atoms with Crippen molar-refractivity contribution in [1.29, 1.82) is 0 Å². The fourth-order valence-corrected chi connectivity index (χ4v) is 1.82. The quantitative estimate of drug-likeness (QED) is 0.577. The summed E-state index contributed by atoms with van der Waals surface area (Å²) in [7, 11) is 0. The van der Waals surface area contributed by atoms with Gasteiger partial charge in [0, 0.05) is 17.7 Å². The van der Waals surface area contributed by atoms with E-state index in [2.05, 4.69) is 23.7 Å². The maximum Gasteiger partial charge on any atom is 0.129 e. The Morgan fingerprint density at radius 1 is 1.17 bits per heavy atom. The molecule has 0 fully saturated rings. The van der Waals surface area contributed by atoms with E-state index in [9.17, 15) is 0 Å². The predicted octanol–water partition coefficient (Wildman–Crippen LogP) is 4.28. The van der Waals surface area contributed by atoms with Gasteiger partial charge in [0.2, 0.25) is 0 Å². The molecule has 1 atom stereocenters. The third-order valence-electron chi connectivity index (χ3n) is 2.73. The zero-order valence-corrected chi connectivity index (χ0v) is 11.0. The molecule has 2 aromatic rings. The number of hydrogen-bond donors (Lipinski definition) is 0. The molecule has 1 aromatic carbocycles. The molecule has 1 unspecified atom stereocenters. The van der Waals surface area contributed by atoms with Crippen molar-refractivity contribution in [1.82, 2.24) is 4.98 Å². The molecular weight excluding hydrogens is 242 g/mol. The van der Waals surface area contributed by atoms with Gasteiger partial charge in [0.25, 0.3) is 0 Å². The van der Waals surface area contributed by atoms with Gasteiger partial charge >= 0.3 is 0 Å². The Bertz CT molecular complexity index is 549. The molecule has 18 heavy (non-hydrogen) atoms. The van der Waals surface area contributed by atoms with E-state index in [4.69, 9.17) is 11.6 Å². The third-order valence-corrected chi connectivity index (χ3v) is 2.95. The van der Waals surface area contributed by atoms with Crippen LogP contribution < -0.4 is 0 Å². The summed E-state index contributed by atoms with van der Waals surface area (Å²) >= 11 is 5.79. The SMILES string of the molecule is CCC(C#Cc1ccccc1)c1ccc(Cl)nc1. The van der Waals surface area contributed by atoms with Crippen LogP contribution in [0.3, 0.4) is 0 Å². The van der Waals surface area contributed by atoms with Gasteiger partial charge in [-0.3, -0.25) is 0 Å². The Morgan fingerprint density at radius 3 is 2.56 bits per heavy atom. The molecule has 2 rings (SSSR count). The largest absolute Gasteiger partial charge is 0.244 e. The van der Waals surface area contributed by atoms with Gasteiger partial charge in [0.15, 0.2) is 0 Å². The minimum Gasteiger partial charge on any atom is -0.244 e. The number of halogens is 1. The van der Waals surface area contributed by atoms with E-state index in [1.165, 1.54) is 0 Å². The Morgan fingerprint density at radius 2 is 1.94 bits per heavy atom. The molecule has 0 spiro atoms. The van der Waals surface area contributed by atoms with Gasteiger partial charge in [-0.1, -0.05) is 54.6 Å². The maximum atomic E-state index is 5.79. The van der Waals surface area contributed by atoms with Crippen LogP contribution in [0.2, 0.25) is 5.15 Å². The lowest BCUT2D eigenvalue weighted by molar-refractivity contribution is 0.824. The van der Waals surface area contributed by atoms with Crippen molar-refractivity contribution in [2.75, 3.05) is 0 Å². The van der Waals surface area contributed by atoms with E-state index in [1.54, 1.807) is 6.20 Å². The highest BCUT2D eigenvalue weighted by molar-refractivity contribution is 6.29. The number of benzene rings is 1. The standard InChI is InChI=1S/C16H14ClN/c1-2-14(15-10-11-16(17)18-12-15)9-8-13-6-4-3-5-7-13/h3-7,10-12,14H,2H2,1H3. The van der Waals surface area contributed by atoms with Gasteiger partial charge in [0.1, 0.15) is 5.15 Å². The second kappa shape index (κ2) is 6.23. The first kappa shape index (κ1) is 12.7. The highest BCUT2D eigenvalue weighted by Gasteiger charge is 2.05. The number of aromatic nitrogens is 1. The molecule has 0 bridgehead atoms. The summed E-state index contributed by atoms with van der Waals surface area (Å²) in [5, 5.41) is 0.518. The molecule has 0 saturated heterocycles. The molecule has 90 valence electrons. The van der Waals surface area contributed by atoms with E-state index < -0.39 is 0 Å². The summed E-state index contributed by atoms with van der Waals surface area (Å²) in [5.41, 5.74) is 2.16. The van der Waals surface area contributed by atoms with Crippen LogP contribution in [0.4, 0.5) is 0 Å². The van der Waals surface area contributed by atoms with E-state index in [0.717, 1.165) is 17.5 Å². The third kappa shape index (κ3) is 3.35. The first-order valence-corrected chi connectivity index (χ1v) is 6.35. The first-order chi connectivity index (χ1) is 8.79. The van der Waals surface area contributed by atoms with E-state index in [0.29, 0.717) is 5.15 Å². The van der Waals surface area contributed by atoms with Crippen LogP contribution in [0, 0.1) is 11.8 Å². The lowest BCUT2D eigenvalue weighted by atomic mass is 9.98. The zero-order chi connectivity index (χ0) is 12.8. The number of rotatable bonds is 2. The lowest BCUT2D eigenvalue weighted by Gasteiger charge is -2.07. The molecule has 1 aromatic heterocycles. The fraction of sp³-hybridized carbons (Fsp3) is 0.188. The summed E-state index contributed by atoms with van der Waals surface area (Å²) in [5.74, 6) is 6.69. The minimum atomic E-state index is 0.204. The molecule has 1 nitrogen and oxygen atoms in total. The Labute approximate surface area is 113 Å². The fourth-order valence-electron chi connectivity index (χ4n) is 1.71. The van der Waals surface area contributed by atoms with Crippen LogP contribution in [0.5, 0.6) is 0 Å². The topological polar surface area (TPSA) is 12.9 Å². The van der Waals surface area contributed by atoms with Crippen molar-refractivity contribution in [3.8, 4) is 11.8 Å². The summed E-state index contributed by atoms with van der Waals surface area (Å²) in [6.45, 7) is 2.12. The van der Waals surface area contributed by atoms with E-state index in [-0.39, 0.29) is 5.92 Å². The lowest BCUT2D eigenvalue weighted by Crippen LogP contribution is -1.94. The van der Waals surface area contributed by atoms with Gasteiger partial charge in [-0.15, -0.1) is 0 Å². The van der Waals surface area contributed by atoms with Crippen molar-refractivity contribution >= 4 is 11.6 Å². The van der Waals surface area contributed by atoms with Gasteiger partial charge in [0.05, 0.1) is 0 Å². The van der Waals surface area contributed by atoms with Crippen LogP contribution in [0.15, 0.2) is 48.7 Å². The average Bonchev–Trinajstić information content (AvgIpc) is 2.42. The summed E-state index contributed by atoms with van der Waals surface area (Å²) in [4.78, 5) is 4.10. The molecule has 0 aliphatic carbocycles. The van der Waals surface area contributed by atoms with Crippen molar-refractivity contribution in [3.05, 3.63) is 64.9 Å². The Hall–Kier alpha value is -1.78. The first-order valence-electron chi connectivity index (χ1n) is 5.97. The smallest absolute Gasteiger partial charge is 0.129 e. The van der Waals surface area contributed by atoms with Crippen LogP contribution >= 0.6 is 11.6 Å². The van der Waals surface area contributed by atoms with Crippen LogP contribution in [-0.4, -0.2) is 4.98 Å². The van der Waals surface area contributed by atoms with Crippen molar-refractivity contribution in [2.45, 2.75) is 19.3 Å². The highest BCUT2D eigenvalue weighted by Crippen LogP contribution is 2.19. The monoisotopic (exact) mass is 255 g/mol. The van der Waals surface area contributed by atoms with Crippen molar-refractivity contribution in [3.63, 3.8) is 0 Å². The van der Waals surface area contributed by atoms with E-state index >= 15 is 0 Å². The zero-order valence-electron chi connectivity index (χ0n) is 10.2. The molecular formula is C16H14ClN. The Balaban J connectivity index is 2.20. The van der Waals surface area contributed by atoms with Gasteiger partial charge < -0.3 is 0 Å². The molecule has 0 N–H and O–H groups in total. The highest BCUT2D eigenvalue weighted by atomic mass is 35.5. The average molecular weight is 256 g/mol. The summed E-state index contributed by atoms with van der Waals surface area (Å²) < 4.78 is 0. The minimum absolute atomic E-state index is 0.204. The normalized spacial score (nSPS) is 11.4. The summed E-state index contributed by atoms with van der Waals surface area (Å²) in [6, 6.07) is 13.8. The summed E-state index contributed by atoms with van der Waals surface area (Å²) in [6.07, 6.45) is 2.76. The molecule has 1 heterocycles. The van der Waals surface area contributed by atoms with Gasteiger partial charge in [-0.2, -0.15) is 0 Å². The number of nitrogens with zero attached hydrogens (tertiary/aromatic N) is 1. The molecule has 0 aliphatic heterocycles.